The molecular weight excluding hydrogens is 379 g/mol. The van der Waals surface area contributed by atoms with Gasteiger partial charge in [-0.2, -0.15) is 13.2 Å². The number of benzene rings is 3. The number of aryl methyl sites for hydroxylation is 1. The molecule has 0 atom stereocenters. The SMILES string of the molecule is Cc1ccc(C(F)(F)F)cc1C(=O)Nc1ccc(-c2nc3ccccc3[nH]2)cc1. The van der Waals surface area contributed by atoms with E-state index in [1.807, 2.05) is 24.3 Å². The first kappa shape index (κ1) is 18.7. The summed E-state index contributed by atoms with van der Waals surface area (Å²) in [5, 5.41) is 2.65. The van der Waals surface area contributed by atoms with Crippen molar-refractivity contribution in [3.63, 3.8) is 0 Å². The standard InChI is InChI=1S/C22H16F3N3O/c1-13-6-9-15(22(23,24)25)12-17(13)21(29)26-16-10-7-14(8-11-16)20-27-18-4-2-3-5-19(18)28-20/h2-12H,1H3,(H,26,29)(H,27,28). The van der Waals surface area contributed by atoms with Gasteiger partial charge in [0.25, 0.3) is 5.91 Å². The van der Waals surface area contributed by atoms with E-state index < -0.39 is 17.6 Å². The van der Waals surface area contributed by atoms with E-state index in [9.17, 15) is 18.0 Å². The van der Waals surface area contributed by atoms with Crippen LogP contribution in [0.3, 0.4) is 0 Å². The average molecular weight is 395 g/mol. The third-order valence-electron chi connectivity index (χ3n) is 4.62. The van der Waals surface area contributed by atoms with Crippen LogP contribution in [0.5, 0.6) is 0 Å². The van der Waals surface area contributed by atoms with Gasteiger partial charge < -0.3 is 10.3 Å². The normalized spacial score (nSPS) is 11.6. The number of nitrogens with zero attached hydrogens (tertiary/aromatic N) is 1. The Morgan fingerprint density at radius 3 is 2.41 bits per heavy atom. The van der Waals surface area contributed by atoms with E-state index in [2.05, 4.69) is 15.3 Å². The number of fused-ring (bicyclic) bond motifs is 1. The highest BCUT2D eigenvalue weighted by atomic mass is 19.4. The van der Waals surface area contributed by atoms with Gasteiger partial charge in [0, 0.05) is 16.8 Å². The zero-order valence-electron chi connectivity index (χ0n) is 15.3. The van der Waals surface area contributed by atoms with Crippen molar-refractivity contribution in [3.8, 4) is 11.4 Å². The second-order valence-electron chi connectivity index (χ2n) is 6.66. The average Bonchev–Trinajstić information content (AvgIpc) is 3.12. The zero-order chi connectivity index (χ0) is 20.6. The molecule has 4 rings (SSSR count). The van der Waals surface area contributed by atoms with E-state index in [1.165, 1.54) is 6.07 Å². The fraction of sp³-hybridized carbons (Fsp3) is 0.0909. The van der Waals surface area contributed by atoms with Crippen LogP contribution in [-0.4, -0.2) is 15.9 Å². The summed E-state index contributed by atoms with van der Waals surface area (Å²) in [4.78, 5) is 20.2. The van der Waals surface area contributed by atoms with Gasteiger partial charge in [-0.25, -0.2) is 4.98 Å². The van der Waals surface area contributed by atoms with Crippen molar-refractivity contribution in [2.45, 2.75) is 13.1 Å². The van der Waals surface area contributed by atoms with E-state index >= 15 is 0 Å². The van der Waals surface area contributed by atoms with Crippen molar-refractivity contribution in [2.75, 3.05) is 5.32 Å². The van der Waals surface area contributed by atoms with Crippen molar-refractivity contribution in [1.82, 2.24) is 9.97 Å². The number of para-hydroxylation sites is 2. The van der Waals surface area contributed by atoms with Crippen LogP contribution in [0.1, 0.15) is 21.5 Å². The number of hydrogen-bond donors (Lipinski definition) is 2. The molecule has 0 fully saturated rings. The number of imidazole rings is 1. The summed E-state index contributed by atoms with van der Waals surface area (Å²) in [6.07, 6.45) is -4.50. The monoisotopic (exact) mass is 395 g/mol. The molecule has 0 aliphatic rings. The first-order valence-corrected chi connectivity index (χ1v) is 8.86. The first-order chi connectivity index (χ1) is 13.8. The van der Waals surface area contributed by atoms with Crippen LogP contribution < -0.4 is 5.32 Å². The lowest BCUT2D eigenvalue weighted by molar-refractivity contribution is -0.137. The minimum atomic E-state index is -4.50. The second kappa shape index (κ2) is 7.09. The molecule has 1 aromatic heterocycles. The Labute approximate surface area is 164 Å². The molecule has 1 heterocycles. The minimum Gasteiger partial charge on any atom is -0.338 e. The van der Waals surface area contributed by atoms with Crippen LogP contribution in [0.25, 0.3) is 22.4 Å². The maximum absolute atomic E-state index is 12.9. The number of nitrogens with one attached hydrogen (secondary N) is 2. The second-order valence-corrected chi connectivity index (χ2v) is 6.66. The molecule has 7 heteroatoms. The molecule has 4 aromatic rings. The number of hydrogen-bond acceptors (Lipinski definition) is 2. The summed E-state index contributed by atoms with van der Waals surface area (Å²) in [5.41, 5.74) is 2.67. The maximum Gasteiger partial charge on any atom is 0.416 e. The molecule has 0 aliphatic carbocycles. The number of halogens is 3. The number of alkyl halides is 3. The van der Waals surface area contributed by atoms with Gasteiger partial charge in [0.2, 0.25) is 0 Å². The first-order valence-electron chi connectivity index (χ1n) is 8.86. The van der Waals surface area contributed by atoms with Crippen molar-refractivity contribution >= 4 is 22.6 Å². The highest BCUT2D eigenvalue weighted by Gasteiger charge is 2.31. The molecule has 0 saturated heterocycles. The Balaban J connectivity index is 1.55. The van der Waals surface area contributed by atoms with E-state index in [0.29, 0.717) is 17.1 Å². The summed E-state index contributed by atoms with van der Waals surface area (Å²) >= 11 is 0. The third kappa shape index (κ3) is 3.85. The van der Waals surface area contributed by atoms with Crippen LogP contribution in [0.15, 0.2) is 66.7 Å². The summed E-state index contributed by atoms with van der Waals surface area (Å²) in [6.45, 7) is 1.60. The Morgan fingerprint density at radius 1 is 1.00 bits per heavy atom. The lowest BCUT2D eigenvalue weighted by atomic mass is 10.0. The molecule has 2 N–H and O–H groups in total. The predicted octanol–water partition coefficient (Wildman–Crippen LogP) is 5.81. The number of anilines is 1. The van der Waals surface area contributed by atoms with Crippen LogP contribution >= 0.6 is 0 Å². The molecule has 0 aliphatic heterocycles. The fourth-order valence-electron chi connectivity index (χ4n) is 3.04. The molecule has 146 valence electrons. The molecule has 4 nitrogen and oxygen atoms in total. The van der Waals surface area contributed by atoms with Crippen LogP contribution in [0, 0.1) is 6.92 Å². The van der Waals surface area contributed by atoms with Crippen LogP contribution in [0.4, 0.5) is 18.9 Å². The molecule has 1 amide bonds. The minimum absolute atomic E-state index is 0.0128. The van der Waals surface area contributed by atoms with Gasteiger partial charge in [-0.1, -0.05) is 18.2 Å². The summed E-state index contributed by atoms with van der Waals surface area (Å²) in [5.74, 6) is 0.0999. The molecule has 0 bridgehead atoms. The Hall–Kier alpha value is -3.61. The van der Waals surface area contributed by atoms with Crippen molar-refractivity contribution in [1.29, 1.82) is 0 Å². The van der Waals surface area contributed by atoms with Crippen molar-refractivity contribution in [2.24, 2.45) is 0 Å². The largest absolute Gasteiger partial charge is 0.416 e. The van der Waals surface area contributed by atoms with Gasteiger partial charge in [-0.3, -0.25) is 4.79 Å². The van der Waals surface area contributed by atoms with Crippen LogP contribution in [-0.2, 0) is 6.18 Å². The Kier molecular flexibility index (Phi) is 4.58. The van der Waals surface area contributed by atoms with Crippen molar-refractivity contribution in [3.05, 3.63) is 83.4 Å². The number of aromatic amines is 1. The molecule has 0 radical (unpaired) electrons. The van der Waals surface area contributed by atoms with E-state index in [4.69, 9.17) is 0 Å². The smallest absolute Gasteiger partial charge is 0.338 e. The van der Waals surface area contributed by atoms with E-state index in [1.54, 1.807) is 31.2 Å². The third-order valence-corrected chi connectivity index (χ3v) is 4.62. The number of H-pyrrole nitrogens is 1. The summed E-state index contributed by atoms with van der Waals surface area (Å²) in [6, 6.07) is 17.7. The number of amides is 1. The predicted molar refractivity (Wildman–Crippen MR) is 106 cm³/mol. The highest BCUT2D eigenvalue weighted by Crippen LogP contribution is 2.31. The lowest BCUT2D eigenvalue weighted by Gasteiger charge is -2.12. The lowest BCUT2D eigenvalue weighted by Crippen LogP contribution is -2.15. The topological polar surface area (TPSA) is 57.8 Å². The summed E-state index contributed by atoms with van der Waals surface area (Å²) in [7, 11) is 0. The van der Waals surface area contributed by atoms with Gasteiger partial charge in [-0.05, 0) is 61.0 Å². The molecule has 0 unspecified atom stereocenters. The fourth-order valence-corrected chi connectivity index (χ4v) is 3.04. The van der Waals surface area contributed by atoms with Crippen LogP contribution in [0.2, 0.25) is 0 Å². The zero-order valence-corrected chi connectivity index (χ0v) is 15.3. The molecule has 29 heavy (non-hydrogen) atoms. The number of carbonyl (C=O) groups excluding carboxylic acids is 1. The summed E-state index contributed by atoms with van der Waals surface area (Å²) < 4.78 is 38.8. The van der Waals surface area contributed by atoms with Gasteiger partial charge in [0.1, 0.15) is 5.82 Å². The van der Waals surface area contributed by atoms with Crippen molar-refractivity contribution < 1.29 is 18.0 Å². The Morgan fingerprint density at radius 2 is 1.72 bits per heavy atom. The maximum atomic E-state index is 12.9. The molecular formula is C22H16F3N3O. The molecule has 3 aromatic carbocycles. The molecule has 0 saturated carbocycles. The highest BCUT2D eigenvalue weighted by molar-refractivity contribution is 6.05. The number of carbonyl (C=O) groups is 1. The number of rotatable bonds is 3. The molecule has 0 spiro atoms. The van der Waals surface area contributed by atoms with Gasteiger partial charge in [0.05, 0.1) is 16.6 Å². The van der Waals surface area contributed by atoms with Gasteiger partial charge in [-0.15, -0.1) is 0 Å². The van der Waals surface area contributed by atoms with E-state index in [0.717, 1.165) is 28.7 Å². The van der Waals surface area contributed by atoms with Gasteiger partial charge >= 0.3 is 6.18 Å². The van der Waals surface area contributed by atoms with E-state index in [-0.39, 0.29) is 5.56 Å². The number of aromatic nitrogens is 2. The quantitative estimate of drug-likeness (QED) is 0.460. The van der Waals surface area contributed by atoms with Gasteiger partial charge in [0.15, 0.2) is 0 Å². The Bertz CT molecular complexity index is 1160.